The lowest BCUT2D eigenvalue weighted by atomic mass is 10.2. The molecule has 0 amide bonds. The quantitative estimate of drug-likeness (QED) is 0.602. The van der Waals surface area contributed by atoms with E-state index in [1.807, 2.05) is 55.7 Å². The summed E-state index contributed by atoms with van der Waals surface area (Å²) >= 11 is 6.05. The number of aryl methyl sites for hydroxylation is 1. The second-order valence-corrected chi connectivity index (χ2v) is 4.86. The van der Waals surface area contributed by atoms with Crippen molar-refractivity contribution in [3.8, 4) is 0 Å². The van der Waals surface area contributed by atoms with E-state index in [0.29, 0.717) is 24.0 Å². The second-order valence-electron chi connectivity index (χ2n) is 4.45. The van der Waals surface area contributed by atoms with Crippen LogP contribution < -0.4 is 9.57 Å². The normalized spacial score (nSPS) is 10.3. The van der Waals surface area contributed by atoms with E-state index in [-0.39, 0.29) is 0 Å². The van der Waals surface area contributed by atoms with E-state index in [4.69, 9.17) is 21.2 Å². The Bertz CT molecular complexity index is 581. The third kappa shape index (κ3) is 4.37. The lowest BCUT2D eigenvalue weighted by Crippen LogP contribution is -2.41. The highest BCUT2D eigenvalue weighted by Gasteiger charge is 2.06. The predicted octanol–water partition coefficient (Wildman–Crippen LogP) is 3.10. The molecule has 3 nitrogen and oxygen atoms in total. The SMILES string of the molecule is C=C(COCc1ccccc1Cl)O[n+]1ccc(C)cc1. The van der Waals surface area contributed by atoms with Crippen molar-refractivity contribution in [3.63, 3.8) is 0 Å². The molecular weight excluding hydrogens is 274 g/mol. The van der Waals surface area contributed by atoms with Crippen LogP contribution in [0.1, 0.15) is 11.1 Å². The van der Waals surface area contributed by atoms with Gasteiger partial charge in [0.2, 0.25) is 12.4 Å². The Hall–Kier alpha value is -1.84. The molecule has 0 spiro atoms. The van der Waals surface area contributed by atoms with Crippen LogP contribution in [0.25, 0.3) is 0 Å². The topological polar surface area (TPSA) is 22.3 Å². The first-order valence-electron chi connectivity index (χ1n) is 6.30. The summed E-state index contributed by atoms with van der Waals surface area (Å²) in [5.41, 5.74) is 2.12. The average molecular weight is 291 g/mol. The molecular formula is C16H17ClNO2+. The van der Waals surface area contributed by atoms with Crippen LogP contribution in [-0.2, 0) is 11.3 Å². The van der Waals surface area contributed by atoms with Gasteiger partial charge in [-0.25, -0.2) is 4.84 Å². The summed E-state index contributed by atoms with van der Waals surface area (Å²) < 4.78 is 7.13. The van der Waals surface area contributed by atoms with E-state index < -0.39 is 0 Å². The fraction of sp³-hybridized carbons (Fsp3) is 0.188. The Morgan fingerprint density at radius 1 is 1.20 bits per heavy atom. The van der Waals surface area contributed by atoms with Gasteiger partial charge in [0.15, 0.2) is 5.76 Å². The molecule has 104 valence electrons. The molecule has 0 saturated carbocycles. The van der Waals surface area contributed by atoms with Gasteiger partial charge in [-0.1, -0.05) is 36.4 Å². The van der Waals surface area contributed by atoms with Crippen molar-refractivity contribution in [1.29, 1.82) is 0 Å². The molecule has 0 N–H and O–H groups in total. The number of pyridine rings is 1. The number of halogens is 1. The number of aromatic nitrogens is 1. The summed E-state index contributed by atoms with van der Waals surface area (Å²) in [6, 6.07) is 11.5. The van der Waals surface area contributed by atoms with Gasteiger partial charge < -0.3 is 4.74 Å². The molecule has 0 saturated heterocycles. The molecule has 0 fully saturated rings. The third-order valence-electron chi connectivity index (χ3n) is 2.68. The molecule has 0 bridgehead atoms. The lowest BCUT2D eigenvalue weighted by molar-refractivity contribution is -0.880. The first kappa shape index (κ1) is 14.6. The molecule has 1 aromatic carbocycles. The highest BCUT2D eigenvalue weighted by Crippen LogP contribution is 2.15. The maximum Gasteiger partial charge on any atom is 0.223 e. The molecule has 2 aromatic rings. The summed E-state index contributed by atoms with van der Waals surface area (Å²) in [6.07, 6.45) is 3.66. The molecule has 4 heteroatoms. The van der Waals surface area contributed by atoms with Crippen LogP contribution in [-0.4, -0.2) is 6.61 Å². The fourth-order valence-electron chi connectivity index (χ4n) is 1.61. The van der Waals surface area contributed by atoms with Gasteiger partial charge in [-0.15, -0.1) is 0 Å². The number of nitrogens with zero attached hydrogens (tertiary/aromatic N) is 1. The van der Waals surface area contributed by atoms with Crippen LogP contribution >= 0.6 is 11.6 Å². The molecule has 0 aliphatic carbocycles. The average Bonchev–Trinajstić information content (AvgIpc) is 2.43. The van der Waals surface area contributed by atoms with Crippen LogP contribution in [0.5, 0.6) is 0 Å². The van der Waals surface area contributed by atoms with Gasteiger partial charge in [0, 0.05) is 21.9 Å². The maximum absolute atomic E-state index is 6.05. The molecule has 1 aromatic heterocycles. The largest absolute Gasteiger partial charge is 0.369 e. The monoisotopic (exact) mass is 290 g/mol. The molecule has 20 heavy (non-hydrogen) atoms. The van der Waals surface area contributed by atoms with Crippen molar-refractivity contribution in [2.24, 2.45) is 0 Å². The van der Waals surface area contributed by atoms with Crippen molar-refractivity contribution in [2.45, 2.75) is 13.5 Å². The minimum absolute atomic E-state index is 0.312. The number of hydrogen-bond acceptors (Lipinski definition) is 2. The first-order valence-corrected chi connectivity index (χ1v) is 6.68. The van der Waals surface area contributed by atoms with Crippen LogP contribution in [0.2, 0.25) is 5.02 Å². The zero-order valence-electron chi connectivity index (χ0n) is 11.4. The molecule has 0 atom stereocenters. The van der Waals surface area contributed by atoms with Crippen LogP contribution in [0.3, 0.4) is 0 Å². The van der Waals surface area contributed by atoms with Crippen LogP contribution in [0.15, 0.2) is 61.1 Å². The van der Waals surface area contributed by atoms with Crippen molar-refractivity contribution in [1.82, 2.24) is 0 Å². The van der Waals surface area contributed by atoms with E-state index in [0.717, 1.165) is 5.56 Å². The van der Waals surface area contributed by atoms with Crippen LogP contribution in [0, 0.1) is 6.92 Å². The van der Waals surface area contributed by atoms with Gasteiger partial charge in [0.1, 0.15) is 6.61 Å². The Morgan fingerprint density at radius 3 is 2.60 bits per heavy atom. The summed E-state index contributed by atoms with van der Waals surface area (Å²) in [6.45, 7) is 6.59. The Kier molecular flexibility index (Phi) is 5.16. The van der Waals surface area contributed by atoms with E-state index >= 15 is 0 Å². The summed E-state index contributed by atoms with van der Waals surface area (Å²) in [5.74, 6) is 0.533. The first-order chi connectivity index (χ1) is 9.65. The number of benzene rings is 1. The highest BCUT2D eigenvalue weighted by molar-refractivity contribution is 6.31. The van der Waals surface area contributed by atoms with Gasteiger partial charge in [-0.05, 0) is 24.1 Å². The van der Waals surface area contributed by atoms with Crippen LogP contribution in [0.4, 0.5) is 0 Å². The number of hydrogen-bond donors (Lipinski definition) is 0. The van der Waals surface area contributed by atoms with E-state index in [2.05, 4.69) is 6.58 Å². The van der Waals surface area contributed by atoms with Crippen molar-refractivity contribution < 1.29 is 14.3 Å². The third-order valence-corrected chi connectivity index (χ3v) is 3.05. The smallest absolute Gasteiger partial charge is 0.223 e. The highest BCUT2D eigenvalue weighted by atomic mass is 35.5. The summed E-state index contributed by atoms with van der Waals surface area (Å²) in [5, 5.41) is 0.701. The van der Waals surface area contributed by atoms with Gasteiger partial charge in [-0.3, -0.25) is 0 Å². The van der Waals surface area contributed by atoms with E-state index in [1.165, 1.54) is 5.56 Å². The maximum atomic E-state index is 6.05. The fourth-order valence-corrected chi connectivity index (χ4v) is 1.80. The Labute approximate surface area is 124 Å². The molecule has 1 heterocycles. The predicted molar refractivity (Wildman–Crippen MR) is 78.2 cm³/mol. The molecule has 0 aliphatic heterocycles. The van der Waals surface area contributed by atoms with Gasteiger partial charge >= 0.3 is 0 Å². The molecule has 0 radical (unpaired) electrons. The number of ether oxygens (including phenoxy) is 1. The number of rotatable bonds is 6. The minimum atomic E-state index is 0.312. The Balaban J connectivity index is 1.78. The standard InChI is InChI=1S/C16H17ClNO2/c1-13-7-9-18(10-8-13)20-14(2)11-19-12-15-5-3-4-6-16(15)17/h3-10H,2,11-12H2,1H3/q+1. The minimum Gasteiger partial charge on any atom is -0.369 e. The van der Waals surface area contributed by atoms with E-state index in [1.54, 1.807) is 4.73 Å². The molecule has 0 aliphatic rings. The van der Waals surface area contributed by atoms with Crippen molar-refractivity contribution in [2.75, 3.05) is 6.61 Å². The van der Waals surface area contributed by atoms with Gasteiger partial charge in [0.05, 0.1) is 6.61 Å². The van der Waals surface area contributed by atoms with Gasteiger partial charge in [0.25, 0.3) is 0 Å². The zero-order chi connectivity index (χ0) is 14.4. The van der Waals surface area contributed by atoms with E-state index in [9.17, 15) is 0 Å². The second kappa shape index (κ2) is 7.08. The molecule has 0 unspecified atom stereocenters. The summed E-state index contributed by atoms with van der Waals surface area (Å²) in [7, 11) is 0. The van der Waals surface area contributed by atoms with Crippen molar-refractivity contribution in [3.05, 3.63) is 77.3 Å². The Morgan fingerprint density at radius 2 is 1.90 bits per heavy atom. The van der Waals surface area contributed by atoms with Crippen molar-refractivity contribution >= 4 is 11.6 Å². The van der Waals surface area contributed by atoms with Gasteiger partial charge in [-0.2, -0.15) is 0 Å². The zero-order valence-corrected chi connectivity index (χ0v) is 12.1. The summed E-state index contributed by atoms with van der Waals surface area (Å²) in [4.78, 5) is 5.50. The molecule has 2 rings (SSSR count). The lowest BCUT2D eigenvalue weighted by Gasteiger charge is -2.06.